The van der Waals surface area contributed by atoms with Crippen LogP contribution in [0.2, 0.25) is 0 Å². The van der Waals surface area contributed by atoms with Crippen molar-refractivity contribution >= 4 is 27.4 Å². The second-order valence-corrected chi connectivity index (χ2v) is 8.34. The fourth-order valence-corrected chi connectivity index (χ4v) is 4.61. The van der Waals surface area contributed by atoms with Crippen LogP contribution in [0, 0.1) is 13.8 Å². The number of rotatable bonds is 6. The molecule has 4 heterocycles. The molecule has 4 rings (SSSR count). The van der Waals surface area contributed by atoms with Gasteiger partial charge in [0.2, 0.25) is 0 Å². The van der Waals surface area contributed by atoms with E-state index in [0.717, 1.165) is 49.1 Å². The van der Waals surface area contributed by atoms with Crippen LogP contribution in [0.5, 0.6) is 0 Å². The molecule has 1 aliphatic heterocycles. The number of thiophene rings is 1. The van der Waals surface area contributed by atoms with E-state index >= 15 is 0 Å². The predicted molar refractivity (Wildman–Crippen MR) is 107 cm³/mol. The van der Waals surface area contributed by atoms with Crippen molar-refractivity contribution in [3.63, 3.8) is 0 Å². The van der Waals surface area contributed by atoms with Crippen LogP contribution in [0.4, 0.5) is 5.82 Å². The minimum atomic E-state index is 0.843. The fraction of sp³-hybridized carbons (Fsp3) is 0.526. The van der Waals surface area contributed by atoms with E-state index in [9.17, 15) is 0 Å². The van der Waals surface area contributed by atoms with Crippen LogP contribution < -0.4 is 5.32 Å². The molecule has 1 saturated heterocycles. The lowest BCUT2D eigenvalue weighted by molar-refractivity contribution is 0.323. The molecule has 6 nitrogen and oxygen atoms in total. The highest BCUT2D eigenvalue weighted by atomic mass is 32.1. The van der Waals surface area contributed by atoms with Gasteiger partial charge in [-0.25, -0.2) is 9.97 Å². The molecule has 26 heavy (non-hydrogen) atoms. The van der Waals surface area contributed by atoms with Crippen LogP contribution in [0.3, 0.4) is 0 Å². The molecule has 1 N–H and O–H groups in total. The minimum absolute atomic E-state index is 0.843. The summed E-state index contributed by atoms with van der Waals surface area (Å²) in [4.78, 5) is 14.6. The smallest absolute Gasteiger partial charge is 0.146 e. The molecule has 138 valence electrons. The third kappa shape index (κ3) is 3.59. The summed E-state index contributed by atoms with van der Waals surface area (Å²) < 4.78 is 1.85. The Labute approximate surface area is 158 Å². The number of nitrogens with one attached hydrogen (secondary N) is 1. The molecule has 3 aromatic rings. The van der Waals surface area contributed by atoms with Gasteiger partial charge in [0.05, 0.1) is 18.1 Å². The van der Waals surface area contributed by atoms with Gasteiger partial charge in [-0.3, -0.25) is 9.58 Å². The maximum Gasteiger partial charge on any atom is 0.146 e. The van der Waals surface area contributed by atoms with Gasteiger partial charge >= 0.3 is 0 Å². The molecular formula is C19H26N6S. The Balaban J connectivity index is 1.57. The van der Waals surface area contributed by atoms with Crippen molar-refractivity contribution in [1.82, 2.24) is 24.6 Å². The lowest BCUT2D eigenvalue weighted by Crippen LogP contribution is -2.20. The molecular weight excluding hydrogens is 344 g/mol. The summed E-state index contributed by atoms with van der Waals surface area (Å²) in [5.74, 6) is 1.92. The Bertz CT molecular complexity index is 906. The first-order valence-corrected chi connectivity index (χ1v) is 10.1. The monoisotopic (exact) mass is 370 g/mol. The van der Waals surface area contributed by atoms with Gasteiger partial charge in [-0.2, -0.15) is 5.10 Å². The molecule has 0 saturated carbocycles. The first-order valence-electron chi connectivity index (χ1n) is 9.30. The molecule has 0 unspecified atom stereocenters. The van der Waals surface area contributed by atoms with Gasteiger partial charge in [0.25, 0.3) is 0 Å². The van der Waals surface area contributed by atoms with E-state index in [1.54, 1.807) is 11.3 Å². The van der Waals surface area contributed by atoms with Crippen molar-refractivity contribution in [2.45, 2.75) is 39.7 Å². The maximum atomic E-state index is 4.90. The van der Waals surface area contributed by atoms with E-state index in [1.807, 2.05) is 17.9 Å². The Morgan fingerprint density at radius 3 is 2.73 bits per heavy atom. The Morgan fingerprint density at radius 1 is 1.19 bits per heavy atom. The van der Waals surface area contributed by atoms with E-state index in [1.165, 1.54) is 34.2 Å². The summed E-state index contributed by atoms with van der Waals surface area (Å²) in [6, 6.07) is 0. The zero-order valence-corrected chi connectivity index (χ0v) is 16.6. The molecule has 0 aliphatic carbocycles. The highest BCUT2D eigenvalue weighted by Crippen LogP contribution is 2.33. The number of hydrogen-bond donors (Lipinski definition) is 1. The van der Waals surface area contributed by atoms with E-state index in [-0.39, 0.29) is 0 Å². The largest absolute Gasteiger partial charge is 0.369 e. The summed E-state index contributed by atoms with van der Waals surface area (Å²) in [6.07, 6.45) is 7.50. The SMILES string of the molecule is Cc1sc2nc(CN3CCCC3)nc(NCCc3cnn(C)c3)c2c1C. The molecule has 3 aromatic heterocycles. The third-order valence-corrected chi connectivity index (χ3v) is 6.20. The number of nitrogens with zero attached hydrogens (tertiary/aromatic N) is 5. The zero-order chi connectivity index (χ0) is 18.1. The molecule has 7 heteroatoms. The highest BCUT2D eigenvalue weighted by Gasteiger charge is 2.18. The minimum Gasteiger partial charge on any atom is -0.369 e. The van der Waals surface area contributed by atoms with Gasteiger partial charge in [-0.05, 0) is 57.3 Å². The number of anilines is 1. The number of aromatic nitrogens is 4. The van der Waals surface area contributed by atoms with Crippen molar-refractivity contribution in [2.75, 3.05) is 25.0 Å². The van der Waals surface area contributed by atoms with Gasteiger partial charge in [0.1, 0.15) is 16.5 Å². The van der Waals surface area contributed by atoms with Gasteiger partial charge in [0.15, 0.2) is 0 Å². The second-order valence-electron chi connectivity index (χ2n) is 7.13. The predicted octanol–water partition coefficient (Wildman–Crippen LogP) is 3.29. The van der Waals surface area contributed by atoms with Crippen molar-refractivity contribution in [3.05, 3.63) is 34.2 Å². The second kappa shape index (κ2) is 7.32. The number of fused-ring (bicyclic) bond motifs is 1. The summed E-state index contributed by atoms with van der Waals surface area (Å²) >= 11 is 1.78. The average molecular weight is 371 g/mol. The van der Waals surface area contributed by atoms with E-state index in [2.05, 4.69) is 35.4 Å². The molecule has 0 amide bonds. The quantitative estimate of drug-likeness (QED) is 0.721. The highest BCUT2D eigenvalue weighted by molar-refractivity contribution is 7.18. The van der Waals surface area contributed by atoms with E-state index in [0.29, 0.717) is 0 Å². The average Bonchev–Trinajstić information content (AvgIpc) is 3.31. The summed E-state index contributed by atoms with van der Waals surface area (Å²) in [5.41, 5.74) is 2.53. The van der Waals surface area contributed by atoms with Crippen molar-refractivity contribution in [2.24, 2.45) is 7.05 Å². The Hall–Kier alpha value is -1.99. The zero-order valence-electron chi connectivity index (χ0n) is 15.7. The van der Waals surface area contributed by atoms with Gasteiger partial charge in [0, 0.05) is 24.7 Å². The fourth-order valence-electron chi connectivity index (χ4n) is 3.56. The number of likely N-dealkylation sites (tertiary alicyclic amines) is 1. The standard InChI is InChI=1S/C19H26N6S/c1-13-14(2)26-19-17(13)18(20-7-6-15-10-21-24(3)11-15)22-16(23-19)12-25-8-4-5-9-25/h10-11H,4-9,12H2,1-3H3,(H,20,22,23). The van der Waals surface area contributed by atoms with Crippen LogP contribution in [0.1, 0.15) is 34.7 Å². The molecule has 0 spiro atoms. The summed E-state index contributed by atoms with van der Waals surface area (Å²) in [6.45, 7) is 8.35. The maximum absolute atomic E-state index is 4.90. The lowest BCUT2D eigenvalue weighted by Gasteiger charge is -2.15. The first kappa shape index (κ1) is 17.4. The van der Waals surface area contributed by atoms with Crippen LogP contribution in [-0.4, -0.2) is 44.3 Å². The molecule has 1 aliphatic rings. The van der Waals surface area contributed by atoms with Crippen molar-refractivity contribution in [1.29, 1.82) is 0 Å². The van der Waals surface area contributed by atoms with Crippen LogP contribution in [0.25, 0.3) is 10.2 Å². The van der Waals surface area contributed by atoms with Crippen LogP contribution in [0.15, 0.2) is 12.4 Å². The van der Waals surface area contributed by atoms with Crippen LogP contribution >= 0.6 is 11.3 Å². The molecule has 0 aromatic carbocycles. The van der Waals surface area contributed by atoms with E-state index in [4.69, 9.17) is 9.97 Å². The Morgan fingerprint density at radius 2 is 2.00 bits per heavy atom. The lowest BCUT2D eigenvalue weighted by atomic mass is 10.2. The normalized spacial score (nSPS) is 15.2. The van der Waals surface area contributed by atoms with Gasteiger partial charge in [-0.1, -0.05) is 0 Å². The summed E-state index contributed by atoms with van der Waals surface area (Å²) in [5, 5.41) is 8.99. The molecule has 1 fully saturated rings. The topological polar surface area (TPSA) is 58.9 Å². The van der Waals surface area contributed by atoms with Crippen molar-refractivity contribution in [3.8, 4) is 0 Å². The molecule has 0 atom stereocenters. The summed E-state index contributed by atoms with van der Waals surface area (Å²) in [7, 11) is 1.95. The first-order chi connectivity index (χ1) is 12.6. The number of aryl methyl sites for hydroxylation is 3. The Kier molecular flexibility index (Phi) is 4.91. The number of hydrogen-bond acceptors (Lipinski definition) is 6. The van der Waals surface area contributed by atoms with Crippen LogP contribution in [-0.2, 0) is 20.0 Å². The molecule has 0 bridgehead atoms. The van der Waals surface area contributed by atoms with Crippen molar-refractivity contribution < 1.29 is 0 Å². The van der Waals surface area contributed by atoms with E-state index < -0.39 is 0 Å². The van der Waals surface area contributed by atoms with Gasteiger partial charge in [-0.15, -0.1) is 11.3 Å². The van der Waals surface area contributed by atoms with Gasteiger partial charge < -0.3 is 5.32 Å². The third-order valence-electron chi connectivity index (χ3n) is 5.10. The molecule has 0 radical (unpaired) electrons.